The summed E-state index contributed by atoms with van der Waals surface area (Å²) in [6, 6.07) is 14.7. The minimum absolute atomic E-state index is 0. The van der Waals surface area contributed by atoms with E-state index in [1.54, 1.807) is 24.4 Å². The van der Waals surface area contributed by atoms with Gasteiger partial charge in [0.2, 0.25) is 0 Å². The Labute approximate surface area is 173 Å². The van der Waals surface area contributed by atoms with Gasteiger partial charge in [-0.1, -0.05) is 82.2 Å². The molecule has 0 saturated heterocycles. The first-order valence-electron chi connectivity index (χ1n) is 8.78. The molecule has 0 saturated carbocycles. The van der Waals surface area contributed by atoms with E-state index in [0.717, 1.165) is 11.1 Å². The maximum Gasteiger partial charge on any atom is 1.00 e. The molecular weight excluding hydrogens is 427 g/mol. The molecule has 0 unspecified atom stereocenters. The molecule has 0 aliphatic heterocycles. The summed E-state index contributed by atoms with van der Waals surface area (Å²) in [6.45, 7) is 8.46. The average Bonchev–Trinajstić information content (AvgIpc) is 3.20. The Balaban J connectivity index is 0.00000127. The van der Waals surface area contributed by atoms with Crippen LogP contribution in [0.5, 0.6) is 0 Å². The van der Waals surface area contributed by atoms with Gasteiger partial charge in [-0.05, 0) is 11.6 Å². The van der Waals surface area contributed by atoms with Crippen molar-refractivity contribution in [3.63, 3.8) is 0 Å². The zero-order chi connectivity index (χ0) is 19.4. The predicted molar refractivity (Wildman–Crippen MR) is 106 cm³/mol. The molecule has 145 valence electrons. The summed E-state index contributed by atoms with van der Waals surface area (Å²) >= 11 is 0. The molecule has 0 fully saturated rings. The number of nitrogens with zero attached hydrogens (tertiary/aromatic N) is 2. The van der Waals surface area contributed by atoms with Gasteiger partial charge in [0.25, 0.3) is 5.91 Å². The second kappa shape index (κ2) is 13.6. The molecule has 1 radical (unpaired) electrons. The fourth-order valence-electron chi connectivity index (χ4n) is 2.05. The quantitative estimate of drug-likeness (QED) is 0.536. The van der Waals surface area contributed by atoms with Crippen LogP contribution in [0.15, 0.2) is 54.7 Å². The zero-order valence-electron chi connectivity index (χ0n) is 16.1. The fourth-order valence-corrected chi connectivity index (χ4v) is 2.05. The topological polar surface area (TPSA) is 94.5 Å². The molecule has 7 heteroatoms. The minimum atomic E-state index is -0.220. The minimum Gasteiger partial charge on any atom is -0.482 e. The van der Waals surface area contributed by atoms with Crippen molar-refractivity contribution in [2.45, 2.75) is 34.2 Å². The van der Waals surface area contributed by atoms with Gasteiger partial charge in [0.15, 0.2) is 0 Å². The van der Waals surface area contributed by atoms with Crippen LogP contribution in [0.1, 0.15) is 43.7 Å². The van der Waals surface area contributed by atoms with Crippen LogP contribution in [0.4, 0.5) is 5.82 Å². The fraction of sp³-hybridized carbons (Fsp3) is 0.250. The van der Waals surface area contributed by atoms with Crippen molar-refractivity contribution in [2.24, 2.45) is 0 Å². The van der Waals surface area contributed by atoms with E-state index in [1.807, 2.05) is 58.0 Å². The number of carbonyl (C=O) groups is 1. The predicted octanol–water partition coefficient (Wildman–Crippen LogP) is 5.14. The third-order valence-corrected chi connectivity index (χ3v) is 3.17. The van der Waals surface area contributed by atoms with Crippen LogP contribution in [0.2, 0.25) is 0 Å². The number of hydrogen-bond acceptors (Lipinski definition) is 3. The third-order valence-electron chi connectivity index (χ3n) is 3.17. The summed E-state index contributed by atoms with van der Waals surface area (Å²) < 4.78 is 0. The summed E-state index contributed by atoms with van der Waals surface area (Å²) in [7, 11) is 0. The second-order valence-corrected chi connectivity index (χ2v) is 4.76. The number of aromatic amines is 1. The molecule has 1 aromatic carbocycles. The molecule has 2 heterocycles. The van der Waals surface area contributed by atoms with Crippen molar-refractivity contribution in [2.75, 3.05) is 0 Å². The Bertz CT molecular complexity index is 790. The average molecular weight is 454 g/mol. The molecule has 27 heavy (non-hydrogen) atoms. The van der Waals surface area contributed by atoms with E-state index >= 15 is 0 Å². The number of hydrogen-bond donors (Lipinski definition) is 2. The Hall–Kier alpha value is -2.53. The van der Waals surface area contributed by atoms with Gasteiger partial charge in [-0.25, -0.2) is 0 Å². The first-order valence-corrected chi connectivity index (χ1v) is 8.78. The molecule has 3 aromatic rings. The summed E-state index contributed by atoms with van der Waals surface area (Å²) in [5.41, 5.74) is 10.3. The van der Waals surface area contributed by atoms with Crippen LogP contribution in [0.3, 0.4) is 0 Å². The maximum atomic E-state index is 12.1. The van der Waals surface area contributed by atoms with Gasteiger partial charge in [-0.15, -0.1) is 0 Å². The first kappa shape index (κ1) is 24.5. The molecule has 0 aliphatic rings. The van der Waals surface area contributed by atoms with Crippen molar-refractivity contribution >= 4 is 11.7 Å². The molecule has 0 bridgehead atoms. The molecule has 0 spiro atoms. The van der Waals surface area contributed by atoms with Gasteiger partial charge >= 0.3 is 19.5 Å². The Morgan fingerprint density at radius 3 is 2.37 bits per heavy atom. The van der Waals surface area contributed by atoms with Crippen LogP contribution < -0.4 is 5.32 Å². The number of nitrogens with one attached hydrogen (secondary N) is 3. The van der Waals surface area contributed by atoms with Crippen molar-refractivity contribution in [3.8, 4) is 11.3 Å². The van der Waals surface area contributed by atoms with E-state index in [2.05, 4.69) is 20.5 Å². The van der Waals surface area contributed by atoms with Gasteiger partial charge in [-0.2, -0.15) is 5.10 Å². The van der Waals surface area contributed by atoms with Crippen LogP contribution in [-0.4, -0.2) is 21.1 Å². The number of carbonyl (C=O) groups excluding carboxylic acids is 1. The number of pyridine rings is 1. The van der Waals surface area contributed by atoms with Gasteiger partial charge in [0.1, 0.15) is 5.69 Å². The van der Waals surface area contributed by atoms with Crippen LogP contribution in [0.25, 0.3) is 17.0 Å². The van der Waals surface area contributed by atoms with E-state index in [-0.39, 0.29) is 31.2 Å². The van der Waals surface area contributed by atoms with E-state index in [1.165, 1.54) is 0 Å². The van der Waals surface area contributed by atoms with Gasteiger partial charge in [0, 0.05) is 12.1 Å². The van der Waals surface area contributed by atoms with E-state index in [0.29, 0.717) is 17.9 Å². The number of H-pyrrole nitrogens is 1. The van der Waals surface area contributed by atoms with Crippen molar-refractivity contribution in [1.29, 1.82) is 0 Å². The summed E-state index contributed by atoms with van der Waals surface area (Å²) in [5.74, 6) is -0.0571. The Kier molecular flexibility index (Phi) is 12.4. The monoisotopic (exact) mass is 454 g/mol. The van der Waals surface area contributed by atoms with E-state index in [4.69, 9.17) is 5.73 Å². The van der Waals surface area contributed by atoms with Gasteiger partial charge in [0.05, 0.1) is 5.69 Å². The summed E-state index contributed by atoms with van der Waals surface area (Å²) in [6.07, 6.45) is 1.54. The molecule has 6 nitrogen and oxygen atoms in total. The van der Waals surface area contributed by atoms with Crippen molar-refractivity contribution < 1.29 is 24.3 Å². The molecule has 1 amide bonds. The van der Waals surface area contributed by atoms with Crippen LogP contribution >= 0.6 is 0 Å². The van der Waals surface area contributed by atoms with Crippen molar-refractivity contribution in [3.05, 3.63) is 71.7 Å². The molecule has 3 N–H and O–H groups in total. The Morgan fingerprint density at radius 2 is 1.74 bits per heavy atom. The molecule has 0 atom stereocenters. The Morgan fingerprint density at radius 1 is 1.07 bits per heavy atom. The molecular formula is C20H26N5ORu. The van der Waals surface area contributed by atoms with Crippen LogP contribution in [0, 0.1) is 0 Å². The number of benzene rings is 1. The smallest absolute Gasteiger partial charge is 0.482 e. The largest absolute Gasteiger partial charge is 1.00 e. The molecule has 2 aromatic heterocycles. The van der Waals surface area contributed by atoms with Crippen molar-refractivity contribution in [1.82, 2.24) is 20.5 Å². The maximum absolute atomic E-state index is 12.1. The number of rotatable bonds is 4. The third kappa shape index (κ3) is 7.71. The van der Waals surface area contributed by atoms with E-state index in [9.17, 15) is 4.79 Å². The number of aromatic nitrogens is 3. The van der Waals surface area contributed by atoms with E-state index < -0.39 is 0 Å². The van der Waals surface area contributed by atoms with Gasteiger partial charge in [-0.3, -0.25) is 9.89 Å². The molecule has 0 aliphatic carbocycles. The summed E-state index contributed by atoms with van der Waals surface area (Å²) in [4.78, 5) is 15.9. The second-order valence-electron chi connectivity index (χ2n) is 4.76. The standard InChI is InChI=1S/C16H15N5O.2C2H6.Ru/c17-15-8-12(6-7-18-15)13-9-14(21-20-13)16(22)19-10-11-4-2-1-3-5-11;2*1-2;/h1-9H,10H2,(H4,17,18,19,20,21,22);2*1-2H3;/q;;;+1/p-1. The zero-order valence-corrected chi connectivity index (χ0v) is 17.8. The van der Waals surface area contributed by atoms with Crippen LogP contribution in [-0.2, 0) is 26.0 Å². The SMILES string of the molecule is CC.CC.[NH-]c1cc(-c2cc(C(=O)NCc3ccccc3)[nH]n2)ccn1.[Ru+]. The first-order chi connectivity index (χ1) is 12.7. The molecule has 3 rings (SSSR count). The normalized spacial score (nSPS) is 8.89. The summed E-state index contributed by atoms with van der Waals surface area (Å²) in [5, 5.41) is 9.65. The number of amides is 1. The van der Waals surface area contributed by atoms with Gasteiger partial charge < -0.3 is 16.0 Å².